The summed E-state index contributed by atoms with van der Waals surface area (Å²) in [5.41, 5.74) is 2.57. The Labute approximate surface area is 194 Å². The number of aryl methyl sites for hydroxylation is 1. The Balaban J connectivity index is 1.79. The van der Waals surface area contributed by atoms with E-state index in [4.69, 9.17) is 20.3 Å². The molecule has 5 heteroatoms. The molecule has 3 rings (SSSR count). The van der Waals surface area contributed by atoms with Crippen molar-refractivity contribution in [1.29, 1.82) is 10.5 Å². The monoisotopic (exact) mass is 438 g/mol. The second kappa shape index (κ2) is 10.9. The number of hydrogen-bond donors (Lipinski definition) is 0. The molecule has 0 aliphatic rings. The molecule has 0 radical (unpaired) electrons. The Hall–Kier alpha value is -4.14. The van der Waals surface area contributed by atoms with Gasteiger partial charge in [0.25, 0.3) is 0 Å². The third-order valence-electron chi connectivity index (χ3n) is 5.51. The number of methoxy groups -OCH3 is 1. The van der Waals surface area contributed by atoms with Gasteiger partial charge in [0.05, 0.1) is 25.5 Å². The third kappa shape index (κ3) is 5.57. The van der Waals surface area contributed by atoms with Crippen molar-refractivity contribution < 1.29 is 13.9 Å². The molecular formula is C28H26N2O3. The Bertz CT molecular complexity index is 1240. The molecule has 3 aromatic rings. The maximum atomic E-state index is 9.44. The first-order valence-corrected chi connectivity index (χ1v) is 10.7. The first-order valence-electron chi connectivity index (χ1n) is 10.7. The maximum Gasteiger partial charge on any atom is 0.204 e. The molecule has 0 aliphatic heterocycles. The van der Waals surface area contributed by atoms with E-state index >= 15 is 0 Å². The van der Waals surface area contributed by atoms with Gasteiger partial charge in [-0.25, -0.2) is 0 Å². The summed E-state index contributed by atoms with van der Waals surface area (Å²) >= 11 is 0. The van der Waals surface area contributed by atoms with Crippen LogP contribution in [0.5, 0.6) is 11.5 Å². The predicted octanol–water partition coefficient (Wildman–Crippen LogP) is 6.35. The van der Waals surface area contributed by atoms with Crippen LogP contribution in [-0.2, 0) is 13.0 Å². The quantitative estimate of drug-likeness (QED) is 0.272. The van der Waals surface area contributed by atoms with Gasteiger partial charge in [-0.3, -0.25) is 0 Å². The lowest BCUT2D eigenvalue weighted by Crippen LogP contribution is -2.15. The number of nitriles is 2. The minimum Gasteiger partial charge on any atom is -0.490 e. The molecule has 0 spiro atoms. The first kappa shape index (κ1) is 23.5. The van der Waals surface area contributed by atoms with Crippen molar-refractivity contribution in [1.82, 2.24) is 0 Å². The van der Waals surface area contributed by atoms with Crippen molar-refractivity contribution in [2.24, 2.45) is 5.41 Å². The van der Waals surface area contributed by atoms with Crippen LogP contribution in [-0.4, -0.2) is 7.11 Å². The lowest BCUT2D eigenvalue weighted by molar-refractivity contribution is 0.284. The zero-order valence-electron chi connectivity index (χ0n) is 18.9. The lowest BCUT2D eigenvalue weighted by Gasteiger charge is -2.16. The largest absolute Gasteiger partial charge is 0.490 e. The van der Waals surface area contributed by atoms with Crippen molar-refractivity contribution in [3.8, 4) is 36.0 Å². The number of hydrogen-bond acceptors (Lipinski definition) is 5. The summed E-state index contributed by atoms with van der Waals surface area (Å²) in [6.07, 6.45) is 11.0. The molecule has 0 fully saturated rings. The van der Waals surface area contributed by atoms with E-state index in [2.05, 4.69) is 24.1 Å². The predicted molar refractivity (Wildman–Crippen MR) is 127 cm³/mol. The van der Waals surface area contributed by atoms with Crippen LogP contribution in [0.2, 0.25) is 0 Å². The molecule has 166 valence electrons. The number of nitrogens with zero attached hydrogens (tertiary/aromatic N) is 2. The number of terminal acetylenes is 1. The molecule has 0 unspecified atom stereocenters. The minimum absolute atomic E-state index is 0.113. The molecule has 0 saturated heterocycles. The van der Waals surface area contributed by atoms with Crippen molar-refractivity contribution in [2.75, 3.05) is 7.11 Å². The standard InChI is InChI=1S/C28H26N2O3/c1-4-14-28(19-29,20-30)17-21(2)9-8-12-23-16-25(33-18-22-10-6-5-7-11-22)27(31-3)26-24(23)13-15-32-26/h1,5-7,9-11,13,15-16H,8,12,14,17-18H2,2-3H3/b21-9+. The lowest BCUT2D eigenvalue weighted by atomic mass is 9.81. The summed E-state index contributed by atoms with van der Waals surface area (Å²) in [7, 11) is 1.60. The molecule has 0 bridgehead atoms. The number of benzene rings is 2. The average Bonchev–Trinajstić information content (AvgIpc) is 3.33. The summed E-state index contributed by atoms with van der Waals surface area (Å²) in [6.45, 7) is 2.34. The number of rotatable bonds is 10. The summed E-state index contributed by atoms with van der Waals surface area (Å²) in [5, 5.41) is 19.8. The second-order valence-electron chi connectivity index (χ2n) is 7.96. The van der Waals surface area contributed by atoms with Crippen molar-refractivity contribution in [3.05, 3.63) is 71.5 Å². The molecule has 33 heavy (non-hydrogen) atoms. The van der Waals surface area contributed by atoms with E-state index in [9.17, 15) is 10.5 Å². The van der Waals surface area contributed by atoms with Crippen LogP contribution >= 0.6 is 0 Å². The minimum atomic E-state index is -1.17. The Kier molecular flexibility index (Phi) is 7.80. The van der Waals surface area contributed by atoms with Gasteiger partial charge in [0.15, 0.2) is 16.7 Å². The highest BCUT2D eigenvalue weighted by molar-refractivity contribution is 5.89. The summed E-state index contributed by atoms with van der Waals surface area (Å²) < 4.78 is 17.4. The van der Waals surface area contributed by atoms with E-state index in [1.54, 1.807) is 13.4 Å². The number of ether oxygens (including phenoxy) is 2. The van der Waals surface area contributed by atoms with Gasteiger partial charge in [-0.05, 0) is 43.0 Å². The maximum absolute atomic E-state index is 9.44. The fourth-order valence-corrected chi connectivity index (χ4v) is 3.84. The van der Waals surface area contributed by atoms with Crippen LogP contribution in [0.4, 0.5) is 0 Å². The van der Waals surface area contributed by atoms with Gasteiger partial charge in [0.1, 0.15) is 6.61 Å². The van der Waals surface area contributed by atoms with Crippen molar-refractivity contribution in [2.45, 2.75) is 39.2 Å². The Morgan fingerprint density at radius 2 is 1.94 bits per heavy atom. The van der Waals surface area contributed by atoms with Crippen molar-refractivity contribution >= 4 is 11.0 Å². The number of allylic oxidation sites excluding steroid dienone is 2. The fraction of sp³-hybridized carbons (Fsp3) is 0.286. The molecule has 5 nitrogen and oxygen atoms in total. The van der Waals surface area contributed by atoms with Crippen LogP contribution < -0.4 is 9.47 Å². The van der Waals surface area contributed by atoms with E-state index in [0.717, 1.165) is 34.9 Å². The highest BCUT2D eigenvalue weighted by Gasteiger charge is 2.29. The van der Waals surface area contributed by atoms with E-state index in [1.165, 1.54) is 0 Å². The van der Waals surface area contributed by atoms with Gasteiger partial charge in [0, 0.05) is 18.2 Å². The van der Waals surface area contributed by atoms with Crippen molar-refractivity contribution in [3.63, 3.8) is 0 Å². The highest BCUT2D eigenvalue weighted by atomic mass is 16.5. The molecule has 0 amide bonds. The first-order chi connectivity index (χ1) is 16.1. The Morgan fingerprint density at radius 3 is 2.61 bits per heavy atom. The molecule has 1 heterocycles. The van der Waals surface area contributed by atoms with Gasteiger partial charge < -0.3 is 13.9 Å². The zero-order valence-corrected chi connectivity index (χ0v) is 18.9. The van der Waals surface area contributed by atoms with E-state index in [1.807, 2.05) is 49.4 Å². The molecule has 0 saturated carbocycles. The highest BCUT2D eigenvalue weighted by Crippen LogP contribution is 2.39. The van der Waals surface area contributed by atoms with Crippen LogP contribution in [0.15, 0.2) is 64.8 Å². The van der Waals surface area contributed by atoms with Gasteiger partial charge in [-0.15, -0.1) is 12.3 Å². The normalized spacial score (nSPS) is 11.4. The second-order valence-corrected chi connectivity index (χ2v) is 7.96. The average molecular weight is 439 g/mol. The number of fused-ring (bicyclic) bond motifs is 1. The topological polar surface area (TPSA) is 79.2 Å². The molecular weight excluding hydrogens is 412 g/mol. The summed E-state index contributed by atoms with van der Waals surface area (Å²) in [6, 6.07) is 18.0. The molecule has 0 N–H and O–H groups in total. The number of furan rings is 1. The van der Waals surface area contributed by atoms with E-state index < -0.39 is 5.41 Å². The zero-order chi connectivity index (χ0) is 23.7. The fourth-order valence-electron chi connectivity index (χ4n) is 3.84. The van der Waals surface area contributed by atoms with Crippen LogP contribution in [0, 0.1) is 40.4 Å². The smallest absolute Gasteiger partial charge is 0.204 e. The molecule has 0 atom stereocenters. The summed E-state index contributed by atoms with van der Waals surface area (Å²) in [5.74, 6) is 3.65. The van der Waals surface area contributed by atoms with Crippen LogP contribution in [0.25, 0.3) is 11.0 Å². The molecule has 0 aliphatic carbocycles. The van der Waals surface area contributed by atoms with E-state index in [-0.39, 0.29) is 6.42 Å². The van der Waals surface area contributed by atoms with Gasteiger partial charge in [-0.2, -0.15) is 10.5 Å². The van der Waals surface area contributed by atoms with E-state index in [0.29, 0.717) is 30.1 Å². The van der Waals surface area contributed by atoms with Crippen LogP contribution in [0.3, 0.4) is 0 Å². The Morgan fingerprint density at radius 1 is 1.18 bits per heavy atom. The van der Waals surface area contributed by atoms with Gasteiger partial charge in [-0.1, -0.05) is 42.0 Å². The summed E-state index contributed by atoms with van der Waals surface area (Å²) in [4.78, 5) is 0. The third-order valence-corrected chi connectivity index (χ3v) is 5.51. The van der Waals surface area contributed by atoms with Crippen LogP contribution in [0.1, 0.15) is 37.3 Å². The molecule has 2 aromatic carbocycles. The van der Waals surface area contributed by atoms with Gasteiger partial charge >= 0.3 is 0 Å². The SMILES string of the molecule is C#CCC(C#N)(C#N)C/C(C)=C/CCc1cc(OCc2ccccc2)c(OC)c2occc12. The van der Waals surface area contributed by atoms with Gasteiger partial charge in [0.2, 0.25) is 5.75 Å². The molecule has 1 aromatic heterocycles.